The van der Waals surface area contributed by atoms with Crippen LogP contribution in [0.1, 0.15) is 34.5 Å². The van der Waals surface area contributed by atoms with Crippen LogP contribution >= 0.6 is 0 Å². The van der Waals surface area contributed by atoms with Crippen molar-refractivity contribution in [1.29, 1.82) is 0 Å². The van der Waals surface area contributed by atoms with Crippen LogP contribution in [0.15, 0.2) is 48.2 Å². The summed E-state index contributed by atoms with van der Waals surface area (Å²) in [6.45, 7) is 4.02. The van der Waals surface area contributed by atoms with Gasteiger partial charge in [0.1, 0.15) is 5.75 Å². The van der Waals surface area contributed by atoms with E-state index in [0.717, 1.165) is 11.1 Å². The van der Waals surface area contributed by atoms with Gasteiger partial charge in [-0.15, -0.1) is 0 Å². The van der Waals surface area contributed by atoms with Crippen LogP contribution in [0.3, 0.4) is 0 Å². The molecule has 0 atom stereocenters. The van der Waals surface area contributed by atoms with Gasteiger partial charge in [-0.05, 0) is 43.2 Å². The molecular formula is C18H18O2. The van der Waals surface area contributed by atoms with Gasteiger partial charge in [0.2, 0.25) is 5.78 Å². The predicted octanol–water partition coefficient (Wildman–Crippen LogP) is 4.56. The summed E-state index contributed by atoms with van der Waals surface area (Å²) in [5, 5.41) is 0. The standard InChI is InChI=1S/C17H14O2.CH4/c1-11-3-6-13(7-4-11)10-16-17(18)14-8-5-12(2)9-15(14)19-16;/h3-10H,1-2H3;1H4/b16-10-;. The minimum Gasteiger partial charge on any atom is -0.452 e. The van der Waals surface area contributed by atoms with Gasteiger partial charge < -0.3 is 4.74 Å². The second-order valence-electron chi connectivity index (χ2n) is 4.85. The van der Waals surface area contributed by atoms with Gasteiger partial charge in [-0.25, -0.2) is 0 Å². The number of hydrogen-bond acceptors (Lipinski definition) is 2. The molecule has 2 aromatic rings. The van der Waals surface area contributed by atoms with E-state index in [1.807, 2.05) is 56.3 Å². The van der Waals surface area contributed by atoms with Crippen molar-refractivity contribution in [3.05, 3.63) is 70.5 Å². The van der Waals surface area contributed by atoms with Crippen LogP contribution in [0.4, 0.5) is 0 Å². The molecule has 0 fully saturated rings. The molecule has 0 amide bonds. The lowest BCUT2D eigenvalue weighted by Gasteiger charge is -1.99. The topological polar surface area (TPSA) is 26.3 Å². The molecule has 2 heteroatoms. The zero-order valence-corrected chi connectivity index (χ0v) is 10.9. The van der Waals surface area contributed by atoms with Gasteiger partial charge in [-0.2, -0.15) is 0 Å². The van der Waals surface area contributed by atoms with E-state index < -0.39 is 0 Å². The predicted molar refractivity (Wildman–Crippen MR) is 82.0 cm³/mol. The molecule has 0 saturated carbocycles. The largest absolute Gasteiger partial charge is 0.452 e. The Labute approximate surface area is 119 Å². The maximum atomic E-state index is 12.2. The number of ketones is 1. The highest BCUT2D eigenvalue weighted by Crippen LogP contribution is 2.32. The molecule has 0 bridgehead atoms. The van der Waals surface area contributed by atoms with Crippen LogP contribution in [0, 0.1) is 13.8 Å². The van der Waals surface area contributed by atoms with E-state index in [1.165, 1.54) is 5.56 Å². The minimum atomic E-state index is -0.0458. The van der Waals surface area contributed by atoms with E-state index in [4.69, 9.17) is 4.74 Å². The molecule has 2 aromatic carbocycles. The average Bonchev–Trinajstić information content (AvgIpc) is 2.68. The Bertz CT molecular complexity index is 679. The fourth-order valence-corrected chi connectivity index (χ4v) is 2.11. The summed E-state index contributed by atoms with van der Waals surface area (Å²) in [5.74, 6) is 1.00. The zero-order chi connectivity index (χ0) is 13.4. The molecule has 0 N–H and O–H groups in total. The van der Waals surface area contributed by atoms with Crippen molar-refractivity contribution in [3.8, 4) is 5.75 Å². The van der Waals surface area contributed by atoms with E-state index in [0.29, 0.717) is 17.1 Å². The van der Waals surface area contributed by atoms with Gasteiger partial charge in [-0.1, -0.05) is 43.3 Å². The Kier molecular flexibility index (Phi) is 3.75. The van der Waals surface area contributed by atoms with Gasteiger partial charge in [0.25, 0.3) is 0 Å². The van der Waals surface area contributed by atoms with E-state index in [2.05, 4.69) is 0 Å². The molecule has 0 saturated heterocycles. The first-order valence-electron chi connectivity index (χ1n) is 6.25. The molecule has 0 spiro atoms. The Morgan fingerprint density at radius 2 is 1.60 bits per heavy atom. The summed E-state index contributed by atoms with van der Waals surface area (Å²) in [6, 6.07) is 13.6. The summed E-state index contributed by atoms with van der Waals surface area (Å²) in [7, 11) is 0. The van der Waals surface area contributed by atoms with Gasteiger partial charge in [0.05, 0.1) is 5.56 Å². The van der Waals surface area contributed by atoms with Gasteiger partial charge in [-0.3, -0.25) is 4.79 Å². The van der Waals surface area contributed by atoms with Crippen LogP contribution in [0.2, 0.25) is 0 Å². The quantitative estimate of drug-likeness (QED) is 0.707. The average molecular weight is 266 g/mol. The molecule has 0 aromatic heterocycles. The fourth-order valence-electron chi connectivity index (χ4n) is 2.11. The second-order valence-corrected chi connectivity index (χ2v) is 4.85. The van der Waals surface area contributed by atoms with Crippen molar-refractivity contribution >= 4 is 11.9 Å². The van der Waals surface area contributed by atoms with E-state index >= 15 is 0 Å². The van der Waals surface area contributed by atoms with Crippen LogP contribution in [-0.4, -0.2) is 5.78 Å². The number of allylic oxidation sites excluding steroid dienone is 1. The van der Waals surface area contributed by atoms with Crippen molar-refractivity contribution in [2.75, 3.05) is 0 Å². The van der Waals surface area contributed by atoms with Crippen LogP contribution in [0.25, 0.3) is 6.08 Å². The molecule has 0 unspecified atom stereocenters. The Morgan fingerprint density at radius 1 is 0.950 bits per heavy atom. The number of benzene rings is 2. The minimum absolute atomic E-state index is 0. The molecule has 1 heterocycles. The number of ether oxygens (including phenoxy) is 1. The smallest absolute Gasteiger partial charge is 0.231 e. The van der Waals surface area contributed by atoms with E-state index in [1.54, 1.807) is 6.08 Å². The van der Waals surface area contributed by atoms with Gasteiger partial charge in [0.15, 0.2) is 5.76 Å². The molecule has 1 aliphatic heterocycles. The first kappa shape index (κ1) is 14.1. The van der Waals surface area contributed by atoms with Crippen molar-refractivity contribution in [3.63, 3.8) is 0 Å². The molecule has 0 radical (unpaired) electrons. The third-order valence-corrected chi connectivity index (χ3v) is 3.20. The van der Waals surface area contributed by atoms with E-state index in [9.17, 15) is 4.79 Å². The molecule has 102 valence electrons. The van der Waals surface area contributed by atoms with Crippen molar-refractivity contribution in [2.45, 2.75) is 21.3 Å². The number of fused-ring (bicyclic) bond motifs is 1. The molecule has 2 nitrogen and oxygen atoms in total. The van der Waals surface area contributed by atoms with Crippen LogP contribution in [0.5, 0.6) is 5.75 Å². The van der Waals surface area contributed by atoms with Crippen LogP contribution in [-0.2, 0) is 0 Å². The number of carbonyl (C=O) groups excluding carboxylic acids is 1. The van der Waals surface area contributed by atoms with Crippen LogP contribution < -0.4 is 4.74 Å². The van der Waals surface area contributed by atoms with Crippen molar-refractivity contribution in [2.24, 2.45) is 0 Å². The second kappa shape index (κ2) is 5.33. The molecule has 0 aliphatic carbocycles. The Morgan fingerprint density at radius 3 is 2.30 bits per heavy atom. The maximum Gasteiger partial charge on any atom is 0.231 e. The lowest BCUT2D eigenvalue weighted by molar-refractivity contribution is 0.101. The summed E-state index contributed by atoms with van der Waals surface area (Å²) < 4.78 is 5.65. The zero-order valence-electron chi connectivity index (χ0n) is 10.9. The maximum absolute atomic E-state index is 12.2. The van der Waals surface area contributed by atoms with Crippen molar-refractivity contribution < 1.29 is 9.53 Å². The lowest BCUT2D eigenvalue weighted by atomic mass is 10.1. The lowest BCUT2D eigenvalue weighted by Crippen LogP contribution is -1.97. The first-order valence-corrected chi connectivity index (χ1v) is 6.25. The van der Waals surface area contributed by atoms with Gasteiger partial charge in [0, 0.05) is 0 Å². The Balaban J connectivity index is 0.00000147. The summed E-state index contributed by atoms with van der Waals surface area (Å²) >= 11 is 0. The third-order valence-electron chi connectivity index (χ3n) is 3.20. The van der Waals surface area contributed by atoms with Crippen molar-refractivity contribution in [1.82, 2.24) is 0 Å². The highest BCUT2D eigenvalue weighted by Gasteiger charge is 2.26. The third kappa shape index (κ3) is 2.50. The number of Topliss-reactive ketones (excluding diaryl/α,β-unsaturated/α-hetero) is 1. The SMILES string of the molecule is C.Cc1ccc(/C=C2\Oc3cc(C)ccc3C2=O)cc1. The molecule has 20 heavy (non-hydrogen) atoms. The summed E-state index contributed by atoms with van der Waals surface area (Å²) in [5.41, 5.74) is 3.89. The number of aryl methyl sites for hydroxylation is 2. The van der Waals surface area contributed by atoms with Gasteiger partial charge >= 0.3 is 0 Å². The first-order chi connectivity index (χ1) is 9.13. The van der Waals surface area contributed by atoms with E-state index in [-0.39, 0.29) is 13.2 Å². The number of carbonyl (C=O) groups is 1. The number of hydrogen-bond donors (Lipinski definition) is 0. The Hall–Kier alpha value is -2.35. The molecule has 3 rings (SSSR count). The normalized spacial score (nSPS) is 14.7. The monoisotopic (exact) mass is 266 g/mol. The summed E-state index contributed by atoms with van der Waals surface area (Å²) in [4.78, 5) is 12.2. The highest BCUT2D eigenvalue weighted by molar-refractivity contribution is 6.14. The fraction of sp³-hybridized carbons (Fsp3) is 0.167. The molecule has 1 aliphatic rings. The highest BCUT2D eigenvalue weighted by atomic mass is 16.5. The molecular weight excluding hydrogens is 248 g/mol. The number of rotatable bonds is 1. The summed E-state index contributed by atoms with van der Waals surface area (Å²) in [6.07, 6.45) is 1.79.